The zero-order chi connectivity index (χ0) is 10.2. The predicted octanol–water partition coefficient (Wildman–Crippen LogP) is 5.17. The Kier molecular flexibility index (Phi) is 10.1. The molecule has 0 heterocycles. The Bertz CT molecular complexity index is 105. The van der Waals surface area contributed by atoms with Gasteiger partial charge in [-0.05, 0) is 11.8 Å². The Morgan fingerprint density at radius 1 is 0.667 bits per heavy atom. The average Bonchev–Trinajstić information content (AvgIpc) is 2.92. The Labute approximate surface area is 107 Å². The monoisotopic (exact) mass is 251 g/mol. The van der Waals surface area contributed by atoms with Gasteiger partial charge in [0.15, 0.2) is 0 Å². The van der Waals surface area contributed by atoms with Crippen LogP contribution in [0, 0.1) is 11.8 Å². The van der Waals surface area contributed by atoms with Gasteiger partial charge in [0.2, 0.25) is 0 Å². The van der Waals surface area contributed by atoms with Gasteiger partial charge in [-0.1, -0.05) is 78.1 Å². The molecule has 0 atom stereocenters. The third-order valence-electron chi connectivity index (χ3n) is 4.10. The van der Waals surface area contributed by atoms with Crippen molar-refractivity contribution in [1.29, 1.82) is 0 Å². The average molecular weight is 251 g/mol. The Hall–Kier alpha value is 0.519. The molecule has 0 aromatic rings. The van der Waals surface area contributed by atoms with Gasteiger partial charge in [0.1, 0.15) is 0 Å². The fourth-order valence-corrected chi connectivity index (χ4v) is 2.84. The summed E-state index contributed by atoms with van der Waals surface area (Å²) in [5.41, 5.74) is 0. The minimum atomic E-state index is 0. The Balaban J connectivity index is 0.000000245. The molecule has 0 spiro atoms. The summed E-state index contributed by atoms with van der Waals surface area (Å²) in [6, 6.07) is 0. The van der Waals surface area contributed by atoms with Crippen molar-refractivity contribution in [2.45, 2.75) is 78.1 Å². The van der Waals surface area contributed by atoms with Gasteiger partial charge in [-0.2, -0.15) is 0 Å². The van der Waals surface area contributed by atoms with Gasteiger partial charge in [-0.25, -0.2) is 0 Å². The number of hydrogen-bond acceptors (Lipinski definition) is 0. The van der Waals surface area contributed by atoms with Crippen LogP contribution in [0.2, 0.25) is 0 Å². The van der Waals surface area contributed by atoms with E-state index in [2.05, 4.69) is 13.8 Å². The molecule has 0 amide bonds. The van der Waals surface area contributed by atoms with Crippen molar-refractivity contribution < 1.29 is 17.1 Å². The Morgan fingerprint density at radius 2 is 0.933 bits per heavy atom. The second-order valence-electron chi connectivity index (χ2n) is 5.12. The molecule has 91 valence electrons. The predicted molar refractivity (Wildman–Crippen MR) is 64.5 cm³/mol. The van der Waals surface area contributed by atoms with Crippen LogP contribution < -0.4 is 0 Å². The Morgan fingerprint density at radius 3 is 1.07 bits per heavy atom. The van der Waals surface area contributed by atoms with Crippen LogP contribution in [0.25, 0.3) is 0 Å². The van der Waals surface area contributed by atoms with Crippen LogP contribution in [0.5, 0.6) is 0 Å². The van der Waals surface area contributed by atoms with Gasteiger partial charge >= 0.3 is 0 Å². The van der Waals surface area contributed by atoms with E-state index in [1.54, 1.807) is 0 Å². The minimum Gasteiger partial charge on any atom is -0.0651 e. The summed E-state index contributed by atoms with van der Waals surface area (Å²) in [4.78, 5) is 0. The normalized spacial score (nSPS) is 22.0. The minimum absolute atomic E-state index is 0. The van der Waals surface area contributed by atoms with Gasteiger partial charge in [0.25, 0.3) is 0 Å². The van der Waals surface area contributed by atoms with E-state index < -0.39 is 0 Å². The molecule has 2 fully saturated rings. The van der Waals surface area contributed by atoms with Gasteiger partial charge in [-0.3, -0.25) is 0 Å². The van der Waals surface area contributed by atoms with Crippen molar-refractivity contribution in [2.24, 2.45) is 11.8 Å². The molecule has 15 heavy (non-hydrogen) atoms. The van der Waals surface area contributed by atoms with Crippen LogP contribution in [-0.2, 0) is 17.1 Å². The quantitative estimate of drug-likeness (QED) is 0.594. The van der Waals surface area contributed by atoms with Gasteiger partial charge < -0.3 is 0 Å². The van der Waals surface area contributed by atoms with E-state index >= 15 is 0 Å². The molecule has 0 nitrogen and oxygen atoms in total. The van der Waals surface area contributed by atoms with Crippen molar-refractivity contribution in [2.75, 3.05) is 0 Å². The summed E-state index contributed by atoms with van der Waals surface area (Å²) in [6.45, 7) is 4.60. The molecule has 2 aliphatic rings. The fraction of sp³-hybridized carbons (Fsp3) is 1.00. The largest absolute Gasteiger partial charge is 0.0651 e. The summed E-state index contributed by atoms with van der Waals surface area (Å²) < 4.78 is 0. The number of hydrogen-bond donors (Lipinski definition) is 0. The van der Waals surface area contributed by atoms with Gasteiger partial charge in [0, 0.05) is 17.1 Å². The van der Waals surface area contributed by atoms with E-state index in [0.29, 0.717) is 0 Å². The molecule has 1 radical (unpaired) electrons. The molecule has 2 aliphatic carbocycles. The second kappa shape index (κ2) is 9.72. The SMILES string of the molecule is CCC1CCCC1.CCC1CCCC1.[Mn]. The van der Waals surface area contributed by atoms with Gasteiger partial charge in [-0.15, -0.1) is 0 Å². The topological polar surface area (TPSA) is 0 Å². The van der Waals surface area contributed by atoms with Crippen molar-refractivity contribution >= 4 is 0 Å². The van der Waals surface area contributed by atoms with Crippen LogP contribution in [0.3, 0.4) is 0 Å². The number of rotatable bonds is 2. The van der Waals surface area contributed by atoms with Crippen molar-refractivity contribution in [1.82, 2.24) is 0 Å². The smallest absolute Gasteiger partial charge is 0 e. The van der Waals surface area contributed by atoms with E-state index in [9.17, 15) is 0 Å². The van der Waals surface area contributed by atoms with E-state index in [1.165, 1.54) is 64.2 Å². The first-order chi connectivity index (χ1) is 6.86. The van der Waals surface area contributed by atoms with E-state index in [1.807, 2.05) is 0 Å². The molecule has 0 unspecified atom stereocenters. The molecule has 2 saturated carbocycles. The molecule has 0 aromatic heterocycles. The van der Waals surface area contributed by atoms with Crippen LogP contribution in [0.15, 0.2) is 0 Å². The van der Waals surface area contributed by atoms with Crippen LogP contribution >= 0.6 is 0 Å². The van der Waals surface area contributed by atoms with Crippen molar-refractivity contribution in [3.63, 3.8) is 0 Å². The summed E-state index contributed by atoms with van der Waals surface area (Å²) >= 11 is 0. The first kappa shape index (κ1) is 15.5. The zero-order valence-electron chi connectivity index (χ0n) is 10.6. The first-order valence-electron chi connectivity index (χ1n) is 6.86. The molecule has 1 heteroatoms. The molecular formula is C14H28Mn. The molecule has 0 aliphatic heterocycles. The van der Waals surface area contributed by atoms with E-state index in [0.717, 1.165) is 11.8 Å². The maximum atomic E-state index is 2.30. The molecule has 0 saturated heterocycles. The summed E-state index contributed by atoms with van der Waals surface area (Å²) in [6.07, 6.45) is 14.9. The summed E-state index contributed by atoms with van der Waals surface area (Å²) in [7, 11) is 0. The molecular weight excluding hydrogens is 223 g/mol. The second-order valence-corrected chi connectivity index (χ2v) is 5.12. The molecule has 0 bridgehead atoms. The van der Waals surface area contributed by atoms with Crippen molar-refractivity contribution in [3.05, 3.63) is 0 Å². The van der Waals surface area contributed by atoms with E-state index in [-0.39, 0.29) is 17.1 Å². The maximum Gasteiger partial charge on any atom is 0 e. The molecule has 2 rings (SSSR count). The zero-order valence-corrected chi connectivity index (χ0v) is 11.8. The summed E-state index contributed by atoms with van der Waals surface area (Å²) in [5, 5.41) is 0. The van der Waals surface area contributed by atoms with Crippen LogP contribution in [0.1, 0.15) is 78.1 Å². The third kappa shape index (κ3) is 6.64. The van der Waals surface area contributed by atoms with E-state index in [4.69, 9.17) is 0 Å². The molecule has 0 aromatic carbocycles. The molecule has 0 N–H and O–H groups in total. The maximum absolute atomic E-state index is 2.30. The fourth-order valence-electron chi connectivity index (χ4n) is 2.84. The van der Waals surface area contributed by atoms with Gasteiger partial charge in [0.05, 0.1) is 0 Å². The standard InChI is InChI=1S/2C7H14.Mn/c2*1-2-7-5-3-4-6-7;/h2*7H,2-6H2,1H3;. The first-order valence-corrected chi connectivity index (χ1v) is 6.86. The van der Waals surface area contributed by atoms with Crippen LogP contribution in [0.4, 0.5) is 0 Å². The summed E-state index contributed by atoms with van der Waals surface area (Å²) in [5.74, 6) is 2.19. The van der Waals surface area contributed by atoms with Crippen molar-refractivity contribution in [3.8, 4) is 0 Å². The van der Waals surface area contributed by atoms with Crippen LogP contribution in [-0.4, -0.2) is 0 Å². The third-order valence-corrected chi connectivity index (χ3v) is 4.10.